The van der Waals surface area contributed by atoms with Crippen LogP contribution in [0.4, 0.5) is 5.69 Å². The molecule has 2 atom stereocenters. The number of carbonyl (C=O) groups excluding carboxylic acids is 1. The number of nitrogens with zero attached hydrogens (tertiary/aromatic N) is 3. The number of aromatic amines is 1. The van der Waals surface area contributed by atoms with Gasteiger partial charge in [0.1, 0.15) is 6.10 Å². The van der Waals surface area contributed by atoms with Crippen molar-refractivity contribution in [2.75, 3.05) is 11.9 Å². The monoisotopic (exact) mass is 261 g/mol. The lowest BCUT2D eigenvalue weighted by molar-refractivity contribution is -0.121. The van der Waals surface area contributed by atoms with Gasteiger partial charge in [0.2, 0.25) is 5.91 Å². The number of aromatic nitrogens is 4. The first-order valence-corrected chi connectivity index (χ1v) is 6.15. The van der Waals surface area contributed by atoms with E-state index in [-0.39, 0.29) is 17.9 Å². The van der Waals surface area contributed by atoms with E-state index in [2.05, 4.69) is 20.6 Å². The molecule has 7 nitrogen and oxygen atoms in total. The average molecular weight is 261 g/mol. The molecule has 0 aromatic carbocycles. The fourth-order valence-electron chi connectivity index (χ4n) is 2.37. The van der Waals surface area contributed by atoms with Crippen LogP contribution >= 0.6 is 0 Å². The molecule has 0 aliphatic carbocycles. The molecule has 0 radical (unpaired) electrons. The summed E-state index contributed by atoms with van der Waals surface area (Å²) in [5, 5.41) is 13.4. The van der Waals surface area contributed by atoms with E-state index in [9.17, 15) is 4.79 Å². The Morgan fingerprint density at radius 1 is 1.63 bits per heavy atom. The highest BCUT2D eigenvalue weighted by Crippen LogP contribution is 2.34. The molecule has 3 rings (SSSR count). The van der Waals surface area contributed by atoms with Gasteiger partial charge >= 0.3 is 0 Å². The van der Waals surface area contributed by atoms with Gasteiger partial charge in [-0.1, -0.05) is 0 Å². The number of hydrogen-bond acceptors (Lipinski definition) is 4. The second kappa shape index (κ2) is 4.85. The largest absolute Gasteiger partial charge is 0.371 e. The highest BCUT2D eigenvalue weighted by atomic mass is 16.5. The highest BCUT2D eigenvalue weighted by Gasteiger charge is 2.36. The van der Waals surface area contributed by atoms with Gasteiger partial charge < -0.3 is 10.1 Å². The van der Waals surface area contributed by atoms with Crippen LogP contribution in [-0.2, 0) is 16.6 Å². The van der Waals surface area contributed by atoms with Crippen LogP contribution in [0.3, 0.4) is 0 Å². The number of aryl methyl sites for hydroxylation is 1. The number of nitrogens with one attached hydrogen (secondary N) is 2. The van der Waals surface area contributed by atoms with Gasteiger partial charge in [0.05, 0.1) is 23.5 Å². The number of anilines is 1. The molecule has 0 unspecified atom stereocenters. The van der Waals surface area contributed by atoms with Gasteiger partial charge in [-0.25, -0.2) is 0 Å². The van der Waals surface area contributed by atoms with E-state index in [0.717, 1.165) is 5.69 Å². The molecule has 100 valence electrons. The summed E-state index contributed by atoms with van der Waals surface area (Å²) in [6.45, 7) is 0.583. The van der Waals surface area contributed by atoms with Crippen LogP contribution in [0.2, 0.25) is 0 Å². The molecule has 2 aromatic heterocycles. The number of carbonyl (C=O) groups is 1. The van der Waals surface area contributed by atoms with Crippen molar-refractivity contribution in [1.29, 1.82) is 0 Å². The van der Waals surface area contributed by atoms with Gasteiger partial charge in [0, 0.05) is 26.0 Å². The Bertz CT molecular complexity index is 562. The summed E-state index contributed by atoms with van der Waals surface area (Å²) in [6, 6.07) is 1.88. The molecule has 1 amide bonds. The summed E-state index contributed by atoms with van der Waals surface area (Å²) in [7, 11) is 1.85. The zero-order valence-corrected chi connectivity index (χ0v) is 10.5. The second-order valence-corrected chi connectivity index (χ2v) is 4.54. The molecule has 7 heteroatoms. The third-order valence-electron chi connectivity index (χ3n) is 3.34. The molecule has 1 saturated heterocycles. The Kier molecular flexibility index (Phi) is 3.04. The lowest BCUT2D eigenvalue weighted by atomic mass is 9.98. The topological polar surface area (TPSA) is 84.8 Å². The van der Waals surface area contributed by atoms with E-state index in [0.29, 0.717) is 18.7 Å². The number of amides is 1. The first kappa shape index (κ1) is 11.9. The van der Waals surface area contributed by atoms with Crippen molar-refractivity contribution in [1.82, 2.24) is 20.0 Å². The molecule has 1 aliphatic rings. The van der Waals surface area contributed by atoms with Crippen molar-refractivity contribution < 1.29 is 9.53 Å². The van der Waals surface area contributed by atoms with Gasteiger partial charge in [-0.3, -0.25) is 14.6 Å². The Morgan fingerprint density at radius 2 is 2.53 bits per heavy atom. The van der Waals surface area contributed by atoms with Crippen molar-refractivity contribution in [3.63, 3.8) is 0 Å². The molecule has 0 bridgehead atoms. The molecule has 0 saturated carbocycles. The first-order chi connectivity index (χ1) is 9.25. The summed E-state index contributed by atoms with van der Waals surface area (Å²) in [5.74, 6) is -0.254. The van der Waals surface area contributed by atoms with Crippen LogP contribution in [0, 0.1) is 5.92 Å². The fourth-order valence-corrected chi connectivity index (χ4v) is 2.37. The molecule has 2 N–H and O–H groups in total. The fraction of sp³-hybridized carbons (Fsp3) is 0.417. The summed E-state index contributed by atoms with van der Waals surface area (Å²) in [4.78, 5) is 12.3. The number of ether oxygens (including phenoxy) is 1. The van der Waals surface area contributed by atoms with Crippen LogP contribution in [0.15, 0.2) is 24.7 Å². The standard InChI is InChI=1S/C12H15N5O2/c1-17-10(2-4-15-17)11-9(3-5-19-11)12(18)16-8-6-13-14-7-8/h2,4,6-7,9,11H,3,5H2,1H3,(H,13,14)(H,16,18)/t9-,11-/m1/s1. The van der Waals surface area contributed by atoms with Gasteiger partial charge in [-0.2, -0.15) is 10.2 Å². The average Bonchev–Trinajstić information content (AvgIpc) is 3.07. The Morgan fingerprint density at radius 3 is 3.21 bits per heavy atom. The maximum atomic E-state index is 12.3. The zero-order valence-electron chi connectivity index (χ0n) is 10.5. The van der Waals surface area contributed by atoms with Gasteiger partial charge in [0.15, 0.2) is 0 Å². The van der Waals surface area contributed by atoms with Crippen LogP contribution < -0.4 is 5.32 Å². The van der Waals surface area contributed by atoms with E-state index < -0.39 is 0 Å². The van der Waals surface area contributed by atoms with Gasteiger partial charge in [-0.15, -0.1) is 0 Å². The number of rotatable bonds is 3. The maximum absolute atomic E-state index is 12.3. The normalized spacial score (nSPS) is 22.6. The molecular formula is C12H15N5O2. The van der Waals surface area contributed by atoms with Crippen molar-refractivity contribution in [3.05, 3.63) is 30.4 Å². The second-order valence-electron chi connectivity index (χ2n) is 4.54. The minimum absolute atomic E-state index is 0.0508. The lowest BCUT2D eigenvalue weighted by Gasteiger charge is -2.17. The van der Waals surface area contributed by atoms with E-state index in [1.807, 2.05) is 13.1 Å². The minimum Gasteiger partial charge on any atom is -0.371 e. The van der Waals surface area contributed by atoms with Gasteiger partial charge in [-0.05, 0) is 12.5 Å². The van der Waals surface area contributed by atoms with E-state index in [1.54, 1.807) is 23.3 Å². The van der Waals surface area contributed by atoms with E-state index in [1.165, 1.54) is 0 Å². The zero-order chi connectivity index (χ0) is 13.2. The molecule has 3 heterocycles. The van der Waals surface area contributed by atoms with E-state index in [4.69, 9.17) is 4.74 Å². The lowest BCUT2D eigenvalue weighted by Crippen LogP contribution is -2.26. The molecule has 1 aliphatic heterocycles. The predicted octanol–water partition coefficient (Wildman–Crippen LogP) is 0.859. The van der Waals surface area contributed by atoms with Crippen molar-refractivity contribution in [2.24, 2.45) is 13.0 Å². The Hall–Kier alpha value is -2.15. The third-order valence-corrected chi connectivity index (χ3v) is 3.34. The van der Waals surface area contributed by atoms with Crippen molar-refractivity contribution in [2.45, 2.75) is 12.5 Å². The molecule has 2 aromatic rings. The molecule has 0 spiro atoms. The maximum Gasteiger partial charge on any atom is 0.230 e. The SMILES string of the molecule is Cn1nccc1[C@@H]1OCC[C@H]1C(=O)Nc1cn[nH]c1. The summed E-state index contributed by atoms with van der Waals surface area (Å²) in [6.07, 6.45) is 5.40. The quantitative estimate of drug-likeness (QED) is 0.858. The minimum atomic E-state index is -0.237. The summed E-state index contributed by atoms with van der Waals surface area (Å²) >= 11 is 0. The van der Waals surface area contributed by atoms with Crippen LogP contribution in [-0.4, -0.2) is 32.5 Å². The van der Waals surface area contributed by atoms with Crippen LogP contribution in [0.1, 0.15) is 18.2 Å². The molecule has 19 heavy (non-hydrogen) atoms. The summed E-state index contributed by atoms with van der Waals surface area (Å²) < 4.78 is 7.43. The van der Waals surface area contributed by atoms with Crippen LogP contribution in [0.25, 0.3) is 0 Å². The van der Waals surface area contributed by atoms with Crippen molar-refractivity contribution >= 4 is 11.6 Å². The van der Waals surface area contributed by atoms with Crippen molar-refractivity contribution in [3.8, 4) is 0 Å². The van der Waals surface area contributed by atoms with Crippen LogP contribution in [0.5, 0.6) is 0 Å². The Labute approximate surface area is 110 Å². The van der Waals surface area contributed by atoms with Gasteiger partial charge in [0.25, 0.3) is 0 Å². The Balaban J connectivity index is 1.76. The predicted molar refractivity (Wildman–Crippen MR) is 67.2 cm³/mol. The smallest absolute Gasteiger partial charge is 0.230 e. The third kappa shape index (κ3) is 2.24. The number of H-pyrrole nitrogens is 1. The highest BCUT2D eigenvalue weighted by molar-refractivity contribution is 5.92. The molecule has 1 fully saturated rings. The van der Waals surface area contributed by atoms with E-state index >= 15 is 0 Å². The number of hydrogen-bond donors (Lipinski definition) is 2. The first-order valence-electron chi connectivity index (χ1n) is 6.15. The molecular weight excluding hydrogens is 246 g/mol. The summed E-state index contributed by atoms with van der Waals surface area (Å²) in [5.41, 5.74) is 1.59.